The van der Waals surface area contributed by atoms with Crippen LogP contribution in [0.1, 0.15) is 44.4 Å². The molecule has 0 aromatic heterocycles. The molecule has 2 aromatic carbocycles. The van der Waals surface area contributed by atoms with Gasteiger partial charge >= 0.3 is 0 Å². The number of nitrogens with zero attached hydrogens (tertiary/aromatic N) is 3. The van der Waals surface area contributed by atoms with Gasteiger partial charge in [-0.2, -0.15) is 5.10 Å². The van der Waals surface area contributed by atoms with Gasteiger partial charge in [-0.1, -0.05) is 60.7 Å². The van der Waals surface area contributed by atoms with Gasteiger partial charge in [-0.15, -0.1) is 0 Å². The summed E-state index contributed by atoms with van der Waals surface area (Å²) in [4.78, 5) is 2.39. The highest BCUT2D eigenvalue weighted by molar-refractivity contribution is 5.88. The highest BCUT2D eigenvalue weighted by Gasteiger charge is 2.34. The van der Waals surface area contributed by atoms with Crippen LogP contribution in [0.15, 0.2) is 65.8 Å². The van der Waals surface area contributed by atoms with Crippen molar-refractivity contribution in [2.24, 2.45) is 5.10 Å². The van der Waals surface area contributed by atoms with Crippen LogP contribution in [0, 0.1) is 0 Å². The van der Waals surface area contributed by atoms with Crippen LogP contribution in [-0.2, 0) is 6.54 Å². The van der Waals surface area contributed by atoms with Gasteiger partial charge in [0.25, 0.3) is 0 Å². The quantitative estimate of drug-likeness (QED) is 0.760. The molecule has 0 aliphatic carbocycles. The fourth-order valence-electron chi connectivity index (χ4n) is 3.44. The lowest BCUT2D eigenvalue weighted by molar-refractivity contribution is 0.144. The minimum absolute atomic E-state index is 0.0714. The lowest BCUT2D eigenvalue weighted by Gasteiger charge is -2.30. The predicted molar refractivity (Wildman–Crippen MR) is 106 cm³/mol. The van der Waals surface area contributed by atoms with E-state index in [1.165, 1.54) is 16.8 Å². The summed E-state index contributed by atoms with van der Waals surface area (Å²) in [6.45, 7) is 8.61. The molecule has 0 saturated carbocycles. The number of rotatable bonds is 6. The molecule has 0 amide bonds. The third-order valence-corrected chi connectivity index (χ3v) is 5.15. The number of hydrazone groups is 1. The molecular weight excluding hydrogens is 306 g/mol. The van der Waals surface area contributed by atoms with E-state index in [2.05, 4.69) is 98.4 Å². The molecule has 2 aromatic rings. The lowest BCUT2D eigenvalue weighted by atomic mass is 9.97. The summed E-state index contributed by atoms with van der Waals surface area (Å²) >= 11 is 0. The Labute approximate surface area is 152 Å². The molecule has 0 spiro atoms. The van der Waals surface area contributed by atoms with Crippen LogP contribution < -0.4 is 0 Å². The van der Waals surface area contributed by atoms with E-state index in [-0.39, 0.29) is 5.54 Å². The van der Waals surface area contributed by atoms with Crippen molar-refractivity contribution >= 4 is 5.71 Å². The molecule has 3 heteroatoms. The molecule has 0 fully saturated rings. The monoisotopic (exact) mass is 335 g/mol. The SMILES string of the molecule is C[C@H](c1ccccc1)N(C)CC1=NN(Cc2ccccc2)C(C)(C)C1. The van der Waals surface area contributed by atoms with Crippen molar-refractivity contribution in [1.82, 2.24) is 9.91 Å². The summed E-state index contributed by atoms with van der Waals surface area (Å²) in [5.74, 6) is 0. The Morgan fingerprint density at radius 3 is 2.28 bits per heavy atom. The normalized spacial score (nSPS) is 17.6. The highest BCUT2D eigenvalue weighted by atomic mass is 15.5. The first-order chi connectivity index (χ1) is 12.0. The van der Waals surface area contributed by atoms with Gasteiger partial charge in [-0.3, -0.25) is 9.91 Å². The van der Waals surface area contributed by atoms with Crippen molar-refractivity contribution in [3.05, 3.63) is 71.8 Å². The zero-order chi connectivity index (χ0) is 17.9. The van der Waals surface area contributed by atoms with Crippen LogP contribution in [0.4, 0.5) is 0 Å². The summed E-state index contributed by atoms with van der Waals surface area (Å²) in [6.07, 6.45) is 1.02. The number of hydrogen-bond acceptors (Lipinski definition) is 3. The van der Waals surface area contributed by atoms with Crippen LogP contribution in [0.3, 0.4) is 0 Å². The van der Waals surface area contributed by atoms with Gasteiger partial charge in [0.1, 0.15) is 0 Å². The van der Waals surface area contributed by atoms with E-state index in [9.17, 15) is 0 Å². The van der Waals surface area contributed by atoms with Crippen molar-refractivity contribution < 1.29 is 0 Å². The van der Waals surface area contributed by atoms with Crippen molar-refractivity contribution in [3.63, 3.8) is 0 Å². The van der Waals surface area contributed by atoms with Gasteiger partial charge in [0.2, 0.25) is 0 Å². The lowest BCUT2D eigenvalue weighted by Crippen LogP contribution is -2.36. The first-order valence-corrected chi connectivity index (χ1v) is 9.09. The minimum Gasteiger partial charge on any atom is -0.294 e. The molecule has 1 aliphatic rings. The first-order valence-electron chi connectivity index (χ1n) is 9.09. The average Bonchev–Trinajstić information content (AvgIpc) is 2.89. The van der Waals surface area contributed by atoms with Gasteiger partial charge in [-0.05, 0) is 38.9 Å². The maximum Gasteiger partial charge on any atom is 0.0617 e. The maximum absolute atomic E-state index is 4.96. The standard InChI is InChI=1S/C22H29N3/c1-18(20-13-9-6-10-14-20)24(4)17-21-15-22(2,3)25(23-21)16-19-11-7-5-8-12-19/h5-14,18H,15-17H2,1-4H3/t18-/m1/s1. The van der Waals surface area contributed by atoms with Gasteiger partial charge in [0.15, 0.2) is 0 Å². The largest absolute Gasteiger partial charge is 0.294 e. The van der Waals surface area contributed by atoms with Crippen molar-refractivity contribution in [2.75, 3.05) is 13.6 Å². The van der Waals surface area contributed by atoms with Crippen LogP contribution in [0.25, 0.3) is 0 Å². The number of benzene rings is 2. The van der Waals surface area contributed by atoms with E-state index in [1.54, 1.807) is 0 Å². The molecule has 0 bridgehead atoms. The molecule has 132 valence electrons. The Balaban J connectivity index is 1.67. The molecule has 25 heavy (non-hydrogen) atoms. The molecule has 0 N–H and O–H groups in total. The van der Waals surface area contributed by atoms with E-state index in [0.717, 1.165) is 19.5 Å². The molecule has 0 unspecified atom stereocenters. The van der Waals surface area contributed by atoms with Gasteiger partial charge in [-0.25, -0.2) is 0 Å². The molecule has 0 saturated heterocycles. The summed E-state index contributed by atoms with van der Waals surface area (Å²) in [7, 11) is 2.19. The van der Waals surface area contributed by atoms with Crippen LogP contribution in [0.5, 0.6) is 0 Å². The molecule has 1 atom stereocenters. The third-order valence-electron chi connectivity index (χ3n) is 5.15. The van der Waals surface area contributed by atoms with Crippen LogP contribution in [-0.4, -0.2) is 34.8 Å². The summed E-state index contributed by atoms with van der Waals surface area (Å²) in [6, 6.07) is 21.7. The molecule has 1 heterocycles. The van der Waals surface area contributed by atoms with E-state index in [4.69, 9.17) is 5.10 Å². The summed E-state index contributed by atoms with van der Waals surface area (Å²) < 4.78 is 0. The average molecular weight is 335 g/mol. The summed E-state index contributed by atoms with van der Waals surface area (Å²) in [5.41, 5.74) is 4.00. The Morgan fingerprint density at radius 2 is 1.64 bits per heavy atom. The Kier molecular flexibility index (Phi) is 5.24. The Hall–Kier alpha value is -2.13. The molecule has 0 radical (unpaired) electrons. The molecular formula is C22H29N3. The Bertz CT molecular complexity index is 707. The van der Waals surface area contributed by atoms with Crippen molar-refractivity contribution in [3.8, 4) is 0 Å². The van der Waals surface area contributed by atoms with Gasteiger partial charge in [0, 0.05) is 19.0 Å². The van der Waals surface area contributed by atoms with E-state index in [0.29, 0.717) is 6.04 Å². The second-order valence-corrected chi connectivity index (χ2v) is 7.70. The van der Waals surface area contributed by atoms with Crippen LogP contribution >= 0.6 is 0 Å². The minimum atomic E-state index is 0.0714. The second kappa shape index (κ2) is 7.40. The first kappa shape index (κ1) is 17.7. The van der Waals surface area contributed by atoms with E-state index in [1.807, 2.05) is 0 Å². The highest BCUT2D eigenvalue weighted by Crippen LogP contribution is 2.29. The summed E-state index contributed by atoms with van der Waals surface area (Å²) in [5, 5.41) is 7.21. The molecule has 1 aliphatic heterocycles. The zero-order valence-electron chi connectivity index (χ0n) is 15.8. The zero-order valence-corrected chi connectivity index (χ0v) is 15.8. The van der Waals surface area contributed by atoms with Crippen LogP contribution in [0.2, 0.25) is 0 Å². The predicted octanol–water partition coefficient (Wildman–Crippen LogP) is 4.72. The maximum atomic E-state index is 4.96. The molecule has 3 nitrogen and oxygen atoms in total. The van der Waals surface area contributed by atoms with E-state index < -0.39 is 0 Å². The Morgan fingerprint density at radius 1 is 1.04 bits per heavy atom. The molecule has 3 rings (SSSR count). The van der Waals surface area contributed by atoms with E-state index >= 15 is 0 Å². The van der Waals surface area contributed by atoms with Crippen molar-refractivity contribution in [2.45, 2.75) is 45.3 Å². The smallest absolute Gasteiger partial charge is 0.0617 e. The number of hydrogen-bond donors (Lipinski definition) is 0. The third kappa shape index (κ3) is 4.29. The van der Waals surface area contributed by atoms with Gasteiger partial charge < -0.3 is 0 Å². The van der Waals surface area contributed by atoms with Gasteiger partial charge in [0.05, 0.1) is 17.8 Å². The topological polar surface area (TPSA) is 18.8 Å². The fourth-order valence-corrected chi connectivity index (χ4v) is 3.44. The second-order valence-electron chi connectivity index (χ2n) is 7.70. The fraction of sp³-hybridized carbons (Fsp3) is 0.409. The van der Waals surface area contributed by atoms with Crippen molar-refractivity contribution in [1.29, 1.82) is 0 Å².